The normalized spacial score (nSPS) is 16.3. The van der Waals surface area contributed by atoms with Gasteiger partial charge in [-0.25, -0.2) is 13.8 Å². The maximum atomic E-state index is 13.4. The third-order valence-electron chi connectivity index (χ3n) is 4.41. The highest BCUT2D eigenvalue weighted by Crippen LogP contribution is 2.19. The van der Waals surface area contributed by atoms with E-state index in [1.165, 1.54) is 12.1 Å². The lowest BCUT2D eigenvalue weighted by Crippen LogP contribution is -2.31. The van der Waals surface area contributed by atoms with Crippen LogP contribution >= 0.6 is 0 Å². The molecule has 1 aliphatic heterocycles. The monoisotopic (exact) mass is 344 g/mol. The van der Waals surface area contributed by atoms with Gasteiger partial charge in [-0.05, 0) is 24.1 Å². The highest BCUT2D eigenvalue weighted by molar-refractivity contribution is 5.63. The van der Waals surface area contributed by atoms with Crippen LogP contribution < -0.4 is 4.90 Å². The van der Waals surface area contributed by atoms with E-state index in [0.29, 0.717) is 12.1 Å². The Morgan fingerprint density at radius 1 is 1.00 bits per heavy atom. The van der Waals surface area contributed by atoms with E-state index in [9.17, 15) is 8.78 Å². The molecule has 130 valence electrons. The topological polar surface area (TPSA) is 49.6 Å². The lowest BCUT2D eigenvalue weighted by atomic mass is 10.2. The first-order valence-electron chi connectivity index (χ1n) is 8.26. The quantitative estimate of drug-likeness (QED) is 0.728. The van der Waals surface area contributed by atoms with Crippen molar-refractivity contribution in [1.82, 2.24) is 24.5 Å². The van der Waals surface area contributed by atoms with Gasteiger partial charge >= 0.3 is 0 Å². The summed E-state index contributed by atoms with van der Waals surface area (Å²) in [7, 11) is 0. The van der Waals surface area contributed by atoms with Crippen molar-refractivity contribution in [3.8, 4) is 0 Å². The molecule has 0 saturated carbocycles. The zero-order valence-corrected chi connectivity index (χ0v) is 13.6. The molecule has 0 bridgehead atoms. The number of hydrogen-bond acceptors (Lipinski definition) is 5. The molecule has 1 saturated heterocycles. The first-order valence-corrected chi connectivity index (χ1v) is 8.26. The Kier molecular flexibility index (Phi) is 4.27. The van der Waals surface area contributed by atoms with E-state index in [-0.39, 0.29) is 0 Å². The molecule has 0 N–H and O–H groups in total. The predicted octanol–water partition coefficient (Wildman–Crippen LogP) is 2.11. The molecule has 0 radical (unpaired) electrons. The van der Waals surface area contributed by atoms with Crippen molar-refractivity contribution >= 4 is 11.5 Å². The number of rotatable bonds is 3. The van der Waals surface area contributed by atoms with Crippen molar-refractivity contribution in [1.29, 1.82) is 0 Å². The number of halogens is 2. The van der Waals surface area contributed by atoms with Crippen LogP contribution in [0.2, 0.25) is 0 Å². The minimum atomic E-state index is -0.533. The minimum absolute atomic E-state index is 0.533. The fourth-order valence-electron chi connectivity index (χ4n) is 3.27. The maximum absolute atomic E-state index is 13.4. The molecule has 8 heteroatoms. The van der Waals surface area contributed by atoms with Crippen molar-refractivity contribution in [2.75, 3.05) is 31.1 Å². The number of fused-ring (bicyclic) bond motifs is 1. The van der Waals surface area contributed by atoms with Crippen molar-refractivity contribution < 1.29 is 8.78 Å². The van der Waals surface area contributed by atoms with Crippen LogP contribution in [0.5, 0.6) is 0 Å². The molecule has 1 aliphatic rings. The van der Waals surface area contributed by atoms with E-state index >= 15 is 0 Å². The van der Waals surface area contributed by atoms with Crippen molar-refractivity contribution in [2.45, 2.75) is 13.0 Å². The van der Waals surface area contributed by atoms with Gasteiger partial charge in [0.25, 0.3) is 0 Å². The standard InChI is InChI=1S/C17H18F2N6/c18-14-8-13(9-15(19)10-14)11-23-3-1-4-24(7-6-23)16-17-22-21-12-25(17)5-2-20-16/h2,5,8-10,12H,1,3-4,6-7,11H2. The lowest BCUT2D eigenvalue weighted by molar-refractivity contribution is 0.284. The third-order valence-corrected chi connectivity index (χ3v) is 4.41. The second kappa shape index (κ2) is 6.72. The Hall–Kier alpha value is -2.61. The second-order valence-electron chi connectivity index (χ2n) is 6.21. The molecule has 0 amide bonds. The molecule has 3 aromatic rings. The van der Waals surface area contributed by atoms with Crippen LogP contribution in [0.4, 0.5) is 14.6 Å². The minimum Gasteiger partial charge on any atom is -0.352 e. The second-order valence-corrected chi connectivity index (χ2v) is 6.21. The first-order chi connectivity index (χ1) is 12.2. The zero-order valence-electron chi connectivity index (χ0n) is 13.6. The summed E-state index contributed by atoms with van der Waals surface area (Å²) in [6.45, 7) is 3.81. The van der Waals surface area contributed by atoms with Crippen LogP contribution in [0.3, 0.4) is 0 Å². The van der Waals surface area contributed by atoms with Crippen LogP contribution in [0.25, 0.3) is 5.65 Å². The van der Waals surface area contributed by atoms with Gasteiger partial charge in [0, 0.05) is 51.2 Å². The summed E-state index contributed by atoms with van der Waals surface area (Å²) >= 11 is 0. The average molecular weight is 344 g/mol. The molecule has 1 fully saturated rings. The number of hydrogen-bond donors (Lipinski definition) is 0. The van der Waals surface area contributed by atoms with Crippen molar-refractivity contribution in [3.63, 3.8) is 0 Å². The summed E-state index contributed by atoms with van der Waals surface area (Å²) in [6, 6.07) is 3.69. The Morgan fingerprint density at radius 2 is 1.84 bits per heavy atom. The Morgan fingerprint density at radius 3 is 2.68 bits per heavy atom. The van der Waals surface area contributed by atoms with Crippen LogP contribution in [0.1, 0.15) is 12.0 Å². The molecule has 2 aromatic heterocycles. The van der Waals surface area contributed by atoms with Gasteiger partial charge in [-0.2, -0.15) is 0 Å². The summed E-state index contributed by atoms with van der Waals surface area (Å²) < 4.78 is 28.6. The number of anilines is 1. The van der Waals surface area contributed by atoms with Gasteiger partial charge in [0.05, 0.1) is 0 Å². The first kappa shape index (κ1) is 15.9. The fourth-order valence-corrected chi connectivity index (χ4v) is 3.27. The van der Waals surface area contributed by atoms with Crippen LogP contribution in [0, 0.1) is 11.6 Å². The highest BCUT2D eigenvalue weighted by Gasteiger charge is 2.19. The van der Waals surface area contributed by atoms with E-state index in [2.05, 4.69) is 25.0 Å². The molecule has 0 aliphatic carbocycles. The van der Waals surface area contributed by atoms with Gasteiger partial charge in [0.15, 0.2) is 5.82 Å². The zero-order chi connectivity index (χ0) is 17.2. The molecule has 4 rings (SSSR count). The van der Waals surface area contributed by atoms with Gasteiger partial charge in [-0.1, -0.05) is 0 Å². The summed E-state index contributed by atoms with van der Waals surface area (Å²) in [5, 5.41) is 8.07. The van der Waals surface area contributed by atoms with E-state index in [1.54, 1.807) is 12.5 Å². The molecule has 6 nitrogen and oxygen atoms in total. The van der Waals surface area contributed by atoms with Gasteiger partial charge in [-0.15, -0.1) is 10.2 Å². The molecule has 25 heavy (non-hydrogen) atoms. The molecule has 0 unspecified atom stereocenters. The molecular weight excluding hydrogens is 326 g/mol. The van der Waals surface area contributed by atoms with Crippen LogP contribution in [0.15, 0.2) is 36.9 Å². The number of aromatic nitrogens is 4. The summed E-state index contributed by atoms with van der Waals surface area (Å²) in [5.41, 5.74) is 1.40. The maximum Gasteiger partial charge on any atom is 0.203 e. The largest absolute Gasteiger partial charge is 0.352 e. The summed E-state index contributed by atoms with van der Waals surface area (Å²) in [6.07, 6.45) is 6.16. The van der Waals surface area contributed by atoms with Gasteiger partial charge in [0.1, 0.15) is 18.0 Å². The molecule has 0 spiro atoms. The third kappa shape index (κ3) is 3.43. The van der Waals surface area contributed by atoms with Gasteiger partial charge in [0.2, 0.25) is 5.65 Å². The predicted molar refractivity (Wildman–Crippen MR) is 89.2 cm³/mol. The van der Waals surface area contributed by atoms with E-state index in [4.69, 9.17) is 0 Å². The fraction of sp³-hybridized carbons (Fsp3) is 0.353. The van der Waals surface area contributed by atoms with E-state index < -0.39 is 11.6 Å². The van der Waals surface area contributed by atoms with Crippen LogP contribution in [-0.4, -0.2) is 50.7 Å². The molecule has 0 atom stereocenters. The Balaban J connectivity index is 1.48. The number of benzene rings is 1. The van der Waals surface area contributed by atoms with Crippen LogP contribution in [-0.2, 0) is 6.54 Å². The summed E-state index contributed by atoms with van der Waals surface area (Å²) in [5.74, 6) is -0.248. The average Bonchev–Trinajstić information content (AvgIpc) is 2.94. The highest BCUT2D eigenvalue weighted by atomic mass is 19.1. The molecular formula is C17H18F2N6. The van der Waals surface area contributed by atoms with Gasteiger partial charge in [-0.3, -0.25) is 9.30 Å². The Bertz CT molecular complexity index is 860. The van der Waals surface area contributed by atoms with Gasteiger partial charge < -0.3 is 4.90 Å². The van der Waals surface area contributed by atoms with Crippen molar-refractivity contribution in [2.24, 2.45) is 0 Å². The Labute approximate surface area is 143 Å². The smallest absolute Gasteiger partial charge is 0.203 e. The number of nitrogens with zero attached hydrogens (tertiary/aromatic N) is 6. The molecule has 1 aromatic carbocycles. The van der Waals surface area contributed by atoms with E-state index in [1.807, 2.05) is 10.6 Å². The lowest BCUT2D eigenvalue weighted by Gasteiger charge is -2.22. The SMILES string of the molecule is Fc1cc(F)cc(CN2CCCN(c3nccn4cnnc34)CC2)c1. The van der Waals surface area contributed by atoms with E-state index in [0.717, 1.165) is 50.1 Å². The van der Waals surface area contributed by atoms with Crippen molar-refractivity contribution in [3.05, 3.63) is 54.1 Å². The summed E-state index contributed by atoms with van der Waals surface area (Å²) in [4.78, 5) is 8.86. The molecule has 3 heterocycles.